The fraction of sp³-hybridized carbons (Fsp3) is 0.625. The Labute approximate surface area is 111 Å². The third-order valence-corrected chi connectivity index (χ3v) is 3.79. The third kappa shape index (κ3) is 2.86. The molecule has 1 atom stereocenters. The standard InChI is InChI=1S/C16H26N2/c1-4-9-17-13(3)14-6-7-16-15(12-14)8-11-18(16)10-5-2/h6-7,12-13,17H,4-5,8-11H2,1-3H3. The molecule has 1 heterocycles. The summed E-state index contributed by atoms with van der Waals surface area (Å²) >= 11 is 0. The molecule has 1 N–H and O–H groups in total. The van der Waals surface area contributed by atoms with Crippen LogP contribution in [0.3, 0.4) is 0 Å². The van der Waals surface area contributed by atoms with E-state index in [2.05, 4.69) is 49.2 Å². The van der Waals surface area contributed by atoms with Crippen molar-refractivity contribution in [3.05, 3.63) is 29.3 Å². The van der Waals surface area contributed by atoms with Crippen molar-refractivity contribution < 1.29 is 0 Å². The minimum atomic E-state index is 0.468. The molecule has 2 nitrogen and oxygen atoms in total. The lowest BCUT2D eigenvalue weighted by Gasteiger charge is -2.19. The molecule has 0 fully saturated rings. The van der Waals surface area contributed by atoms with Gasteiger partial charge >= 0.3 is 0 Å². The van der Waals surface area contributed by atoms with Crippen LogP contribution in [0.25, 0.3) is 0 Å². The second-order valence-corrected chi connectivity index (χ2v) is 5.30. The maximum atomic E-state index is 3.56. The maximum absolute atomic E-state index is 3.56. The number of fused-ring (bicyclic) bond motifs is 1. The van der Waals surface area contributed by atoms with E-state index in [1.165, 1.54) is 49.2 Å². The zero-order valence-electron chi connectivity index (χ0n) is 12.0. The summed E-state index contributed by atoms with van der Waals surface area (Å²) in [5.41, 5.74) is 4.43. The van der Waals surface area contributed by atoms with Crippen LogP contribution < -0.4 is 10.2 Å². The molecule has 1 aromatic rings. The molecule has 0 bridgehead atoms. The van der Waals surface area contributed by atoms with Gasteiger partial charge in [-0.15, -0.1) is 0 Å². The summed E-state index contributed by atoms with van der Waals surface area (Å²) < 4.78 is 0. The Kier molecular flexibility index (Phi) is 4.65. The summed E-state index contributed by atoms with van der Waals surface area (Å²) in [6.45, 7) is 10.2. The molecule has 0 saturated carbocycles. The van der Waals surface area contributed by atoms with E-state index in [0.717, 1.165) is 6.54 Å². The summed E-state index contributed by atoms with van der Waals surface area (Å²) in [5, 5.41) is 3.56. The van der Waals surface area contributed by atoms with Crippen LogP contribution >= 0.6 is 0 Å². The summed E-state index contributed by atoms with van der Waals surface area (Å²) in [5.74, 6) is 0. The summed E-state index contributed by atoms with van der Waals surface area (Å²) in [4.78, 5) is 2.52. The van der Waals surface area contributed by atoms with Gasteiger partial charge in [-0.2, -0.15) is 0 Å². The Hall–Kier alpha value is -1.02. The predicted molar refractivity (Wildman–Crippen MR) is 79.4 cm³/mol. The van der Waals surface area contributed by atoms with Crippen LogP contribution in [0.2, 0.25) is 0 Å². The molecule has 1 aliphatic heterocycles. The molecule has 0 aromatic heterocycles. The number of hydrogen-bond acceptors (Lipinski definition) is 2. The van der Waals surface area contributed by atoms with Crippen LogP contribution in [-0.2, 0) is 6.42 Å². The van der Waals surface area contributed by atoms with Crippen LogP contribution in [0.1, 0.15) is 50.8 Å². The molecule has 2 rings (SSSR count). The Morgan fingerprint density at radius 2 is 2.11 bits per heavy atom. The van der Waals surface area contributed by atoms with Gasteiger partial charge < -0.3 is 10.2 Å². The van der Waals surface area contributed by atoms with Crippen molar-refractivity contribution in [3.63, 3.8) is 0 Å². The van der Waals surface area contributed by atoms with E-state index >= 15 is 0 Å². The quantitative estimate of drug-likeness (QED) is 0.826. The summed E-state index contributed by atoms with van der Waals surface area (Å²) in [7, 11) is 0. The minimum absolute atomic E-state index is 0.468. The number of hydrogen-bond donors (Lipinski definition) is 1. The first-order chi connectivity index (χ1) is 8.76. The first-order valence-electron chi connectivity index (χ1n) is 7.37. The van der Waals surface area contributed by atoms with Gasteiger partial charge in [0.25, 0.3) is 0 Å². The van der Waals surface area contributed by atoms with Gasteiger partial charge in [-0.05, 0) is 49.9 Å². The van der Waals surface area contributed by atoms with E-state index in [0.29, 0.717) is 6.04 Å². The molecule has 0 saturated heterocycles. The molecule has 18 heavy (non-hydrogen) atoms. The van der Waals surface area contributed by atoms with Gasteiger partial charge in [-0.3, -0.25) is 0 Å². The molecular formula is C16H26N2. The summed E-state index contributed by atoms with van der Waals surface area (Å²) in [6, 6.07) is 7.48. The zero-order valence-corrected chi connectivity index (χ0v) is 12.0. The zero-order chi connectivity index (χ0) is 13.0. The van der Waals surface area contributed by atoms with E-state index in [1.54, 1.807) is 0 Å². The van der Waals surface area contributed by atoms with Crippen molar-refractivity contribution in [1.82, 2.24) is 5.32 Å². The lowest BCUT2D eigenvalue weighted by atomic mass is 10.0. The molecule has 0 aliphatic carbocycles. The highest BCUT2D eigenvalue weighted by Gasteiger charge is 2.19. The van der Waals surface area contributed by atoms with Gasteiger partial charge in [0, 0.05) is 24.8 Å². The van der Waals surface area contributed by atoms with Crippen molar-refractivity contribution in [3.8, 4) is 0 Å². The van der Waals surface area contributed by atoms with Gasteiger partial charge in [-0.1, -0.05) is 26.0 Å². The molecule has 1 aromatic carbocycles. The van der Waals surface area contributed by atoms with Gasteiger partial charge in [0.15, 0.2) is 0 Å². The Morgan fingerprint density at radius 1 is 1.28 bits per heavy atom. The highest BCUT2D eigenvalue weighted by Crippen LogP contribution is 2.30. The molecule has 0 amide bonds. The Bertz CT molecular complexity index is 387. The second kappa shape index (κ2) is 6.24. The van der Waals surface area contributed by atoms with Gasteiger partial charge in [0.2, 0.25) is 0 Å². The molecule has 0 radical (unpaired) electrons. The first kappa shape index (κ1) is 13.4. The second-order valence-electron chi connectivity index (χ2n) is 5.30. The number of rotatable bonds is 6. The number of benzene rings is 1. The van der Waals surface area contributed by atoms with E-state index in [1.807, 2.05) is 0 Å². The van der Waals surface area contributed by atoms with E-state index in [9.17, 15) is 0 Å². The first-order valence-corrected chi connectivity index (χ1v) is 7.37. The van der Waals surface area contributed by atoms with Crippen molar-refractivity contribution >= 4 is 5.69 Å². The lowest BCUT2D eigenvalue weighted by Crippen LogP contribution is -2.21. The number of nitrogens with one attached hydrogen (secondary N) is 1. The molecule has 1 unspecified atom stereocenters. The minimum Gasteiger partial charge on any atom is -0.371 e. The fourth-order valence-electron chi connectivity index (χ4n) is 2.74. The average Bonchev–Trinajstić information content (AvgIpc) is 2.79. The van der Waals surface area contributed by atoms with Crippen LogP contribution in [0.15, 0.2) is 18.2 Å². The average molecular weight is 246 g/mol. The van der Waals surface area contributed by atoms with Crippen LogP contribution in [0, 0.1) is 0 Å². The van der Waals surface area contributed by atoms with Crippen molar-refractivity contribution in [2.45, 2.75) is 46.1 Å². The monoisotopic (exact) mass is 246 g/mol. The third-order valence-electron chi connectivity index (χ3n) is 3.79. The Morgan fingerprint density at radius 3 is 2.83 bits per heavy atom. The lowest BCUT2D eigenvalue weighted by molar-refractivity contribution is 0.570. The van der Waals surface area contributed by atoms with Crippen LogP contribution in [0.4, 0.5) is 5.69 Å². The van der Waals surface area contributed by atoms with Crippen molar-refractivity contribution in [2.75, 3.05) is 24.5 Å². The van der Waals surface area contributed by atoms with Crippen molar-refractivity contribution in [2.24, 2.45) is 0 Å². The predicted octanol–water partition coefficient (Wildman–Crippen LogP) is 3.52. The van der Waals surface area contributed by atoms with E-state index in [-0.39, 0.29) is 0 Å². The van der Waals surface area contributed by atoms with Gasteiger partial charge in [-0.25, -0.2) is 0 Å². The van der Waals surface area contributed by atoms with Crippen LogP contribution in [-0.4, -0.2) is 19.6 Å². The topological polar surface area (TPSA) is 15.3 Å². The normalized spacial score (nSPS) is 15.8. The highest BCUT2D eigenvalue weighted by atomic mass is 15.1. The largest absolute Gasteiger partial charge is 0.371 e. The van der Waals surface area contributed by atoms with Crippen molar-refractivity contribution in [1.29, 1.82) is 0 Å². The number of nitrogens with zero attached hydrogens (tertiary/aromatic N) is 1. The maximum Gasteiger partial charge on any atom is 0.0399 e. The SMILES string of the molecule is CCCNC(C)c1ccc2c(c1)CCN2CCC. The number of anilines is 1. The summed E-state index contributed by atoms with van der Waals surface area (Å²) in [6.07, 6.45) is 3.64. The Balaban J connectivity index is 2.09. The molecule has 0 spiro atoms. The molecule has 1 aliphatic rings. The van der Waals surface area contributed by atoms with Gasteiger partial charge in [0.05, 0.1) is 0 Å². The van der Waals surface area contributed by atoms with Crippen LogP contribution in [0.5, 0.6) is 0 Å². The van der Waals surface area contributed by atoms with Gasteiger partial charge in [0.1, 0.15) is 0 Å². The smallest absolute Gasteiger partial charge is 0.0399 e. The van der Waals surface area contributed by atoms with E-state index in [4.69, 9.17) is 0 Å². The van der Waals surface area contributed by atoms with E-state index < -0.39 is 0 Å². The molecular weight excluding hydrogens is 220 g/mol. The molecule has 100 valence electrons. The highest BCUT2D eigenvalue weighted by molar-refractivity contribution is 5.59. The fourth-order valence-corrected chi connectivity index (χ4v) is 2.74. The molecule has 2 heteroatoms.